The summed E-state index contributed by atoms with van der Waals surface area (Å²) in [4.78, 5) is 15.8. The lowest BCUT2D eigenvalue weighted by molar-refractivity contribution is 0.0507. The van der Waals surface area contributed by atoms with Crippen LogP contribution >= 0.6 is 11.8 Å². The van der Waals surface area contributed by atoms with E-state index < -0.39 is 5.97 Å². The molecule has 17 heavy (non-hydrogen) atoms. The molecule has 96 valence electrons. The molecule has 0 atom stereocenters. The Kier molecular flexibility index (Phi) is 4.86. The Labute approximate surface area is 105 Å². The van der Waals surface area contributed by atoms with E-state index in [-0.39, 0.29) is 24.2 Å². The summed E-state index contributed by atoms with van der Waals surface area (Å²) in [6.45, 7) is 7.86. The molecule has 1 rings (SSSR count). The molecule has 0 fully saturated rings. The van der Waals surface area contributed by atoms with Gasteiger partial charge >= 0.3 is 5.97 Å². The summed E-state index contributed by atoms with van der Waals surface area (Å²) in [6, 6.07) is 0.0388. The van der Waals surface area contributed by atoms with E-state index in [4.69, 9.17) is 4.74 Å². The van der Waals surface area contributed by atoms with Crippen molar-refractivity contribution < 1.29 is 14.6 Å². The van der Waals surface area contributed by atoms with Gasteiger partial charge in [0.15, 0.2) is 10.9 Å². The molecule has 0 saturated carbocycles. The summed E-state index contributed by atoms with van der Waals surface area (Å²) in [5, 5.41) is 10.4. The Hall–Kier alpha value is -1.17. The lowest BCUT2D eigenvalue weighted by atomic mass is 10.3. The Balaban J connectivity index is 3.22. The monoisotopic (exact) mass is 258 g/mol. The summed E-state index contributed by atoms with van der Waals surface area (Å²) in [7, 11) is 0. The summed E-state index contributed by atoms with van der Waals surface area (Å²) in [6.07, 6.45) is 0. The fourth-order valence-corrected chi connectivity index (χ4v) is 2.35. The molecule has 0 unspecified atom stereocenters. The van der Waals surface area contributed by atoms with Crippen molar-refractivity contribution in [2.75, 3.05) is 12.4 Å². The van der Waals surface area contributed by atoms with E-state index in [1.165, 1.54) is 11.8 Å². The maximum absolute atomic E-state index is 11.8. The van der Waals surface area contributed by atoms with Crippen molar-refractivity contribution in [3.8, 4) is 5.88 Å². The maximum Gasteiger partial charge on any atom is 0.360 e. The lowest BCUT2D eigenvalue weighted by Gasteiger charge is -2.13. The standard InChI is InChI=1S/C11H18N2O3S/c1-5-16-10(15)8-9(14)12-11(17-6-2)13(8)7(3)4/h7,14H,5-6H2,1-4H3. The van der Waals surface area contributed by atoms with Crippen LogP contribution in [0.25, 0.3) is 0 Å². The van der Waals surface area contributed by atoms with Gasteiger partial charge in [0.1, 0.15) is 0 Å². The van der Waals surface area contributed by atoms with Crippen LogP contribution in [0.15, 0.2) is 5.16 Å². The quantitative estimate of drug-likeness (QED) is 0.649. The normalized spacial score (nSPS) is 10.9. The number of thioether (sulfide) groups is 1. The second kappa shape index (κ2) is 5.95. The Morgan fingerprint density at radius 2 is 2.18 bits per heavy atom. The van der Waals surface area contributed by atoms with Gasteiger partial charge in [0, 0.05) is 6.04 Å². The van der Waals surface area contributed by atoms with Crippen LogP contribution in [-0.2, 0) is 4.74 Å². The summed E-state index contributed by atoms with van der Waals surface area (Å²) >= 11 is 1.48. The molecule has 1 heterocycles. The number of aromatic hydroxyl groups is 1. The largest absolute Gasteiger partial charge is 0.492 e. The molecule has 0 aromatic carbocycles. The summed E-state index contributed by atoms with van der Waals surface area (Å²) < 4.78 is 6.63. The zero-order chi connectivity index (χ0) is 13.0. The third-order valence-electron chi connectivity index (χ3n) is 2.12. The van der Waals surface area contributed by atoms with Crippen molar-refractivity contribution >= 4 is 17.7 Å². The van der Waals surface area contributed by atoms with E-state index in [0.29, 0.717) is 5.16 Å². The number of rotatable bonds is 5. The van der Waals surface area contributed by atoms with E-state index >= 15 is 0 Å². The predicted octanol–water partition coefficient (Wildman–Crippen LogP) is 2.46. The predicted molar refractivity (Wildman–Crippen MR) is 66.6 cm³/mol. The zero-order valence-corrected chi connectivity index (χ0v) is 11.4. The molecule has 0 bridgehead atoms. The molecule has 0 aliphatic heterocycles. The van der Waals surface area contributed by atoms with Crippen LogP contribution in [0.1, 0.15) is 44.2 Å². The topological polar surface area (TPSA) is 64.3 Å². The van der Waals surface area contributed by atoms with Crippen LogP contribution in [-0.4, -0.2) is 33.0 Å². The molecule has 1 aromatic rings. The van der Waals surface area contributed by atoms with Gasteiger partial charge in [-0.05, 0) is 26.5 Å². The number of hydrogen-bond acceptors (Lipinski definition) is 5. The fourth-order valence-electron chi connectivity index (χ4n) is 1.50. The van der Waals surface area contributed by atoms with Crippen molar-refractivity contribution in [3.63, 3.8) is 0 Å². The molecular formula is C11H18N2O3S. The zero-order valence-electron chi connectivity index (χ0n) is 10.6. The number of carbonyl (C=O) groups is 1. The van der Waals surface area contributed by atoms with E-state index in [1.807, 2.05) is 20.8 Å². The molecular weight excluding hydrogens is 240 g/mol. The van der Waals surface area contributed by atoms with Crippen molar-refractivity contribution in [2.45, 2.75) is 38.9 Å². The molecule has 0 amide bonds. The molecule has 0 aliphatic carbocycles. The minimum atomic E-state index is -0.533. The van der Waals surface area contributed by atoms with Crippen LogP contribution in [0.5, 0.6) is 5.88 Å². The first-order chi connectivity index (χ1) is 8.02. The molecule has 0 aliphatic rings. The van der Waals surface area contributed by atoms with Crippen LogP contribution < -0.4 is 0 Å². The molecule has 0 radical (unpaired) electrons. The Morgan fingerprint density at radius 1 is 1.53 bits per heavy atom. The van der Waals surface area contributed by atoms with Crippen molar-refractivity contribution in [2.24, 2.45) is 0 Å². The van der Waals surface area contributed by atoms with Gasteiger partial charge in [-0.15, -0.1) is 0 Å². The van der Waals surface area contributed by atoms with Crippen LogP contribution in [0.3, 0.4) is 0 Å². The lowest BCUT2D eigenvalue weighted by Crippen LogP contribution is -2.14. The van der Waals surface area contributed by atoms with Crippen molar-refractivity contribution in [1.29, 1.82) is 0 Å². The van der Waals surface area contributed by atoms with Gasteiger partial charge in [-0.1, -0.05) is 18.7 Å². The minimum Gasteiger partial charge on any atom is -0.492 e. The third-order valence-corrected chi connectivity index (χ3v) is 2.95. The third kappa shape index (κ3) is 2.94. The number of hydrogen-bond donors (Lipinski definition) is 1. The highest BCUT2D eigenvalue weighted by atomic mass is 32.2. The van der Waals surface area contributed by atoms with Crippen molar-refractivity contribution in [1.82, 2.24) is 9.55 Å². The highest BCUT2D eigenvalue weighted by Gasteiger charge is 2.25. The van der Waals surface area contributed by atoms with Crippen LogP contribution in [0, 0.1) is 0 Å². The van der Waals surface area contributed by atoms with Gasteiger partial charge in [-0.25, -0.2) is 4.79 Å². The van der Waals surface area contributed by atoms with Gasteiger partial charge in [0.05, 0.1) is 6.61 Å². The van der Waals surface area contributed by atoms with E-state index in [0.717, 1.165) is 5.75 Å². The molecule has 6 heteroatoms. The maximum atomic E-state index is 11.8. The Bertz CT molecular complexity index is 402. The van der Waals surface area contributed by atoms with E-state index in [1.54, 1.807) is 11.5 Å². The molecule has 0 saturated heterocycles. The fraction of sp³-hybridized carbons (Fsp3) is 0.636. The average molecular weight is 258 g/mol. The number of aromatic nitrogens is 2. The van der Waals surface area contributed by atoms with Gasteiger partial charge in [0.25, 0.3) is 0 Å². The van der Waals surface area contributed by atoms with Gasteiger partial charge in [-0.3, -0.25) is 0 Å². The molecule has 1 aromatic heterocycles. The summed E-state index contributed by atoms with van der Waals surface area (Å²) in [5.41, 5.74) is 0.137. The molecule has 5 nitrogen and oxygen atoms in total. The first kappa shape index (κ1) is 13.9. The van der Waals surface area contributed by atoms with Gasteiger partial charge in [-0.2, -0.15) is 4.98 Å². The number of carbonyl (C=O) groups excluding carboxylic acids is 1. The number of esters is 1. The SMILES string of the molecule is CCOC(=O)c1c(O)nc(SCC)n1C(C)C. The number of ether oxygens (including phenoxy) is 1. The second-order valence-electron chi connectivity index (χ2n) is 3.68. The van der Waals surface area contributed by atoms with Crippen LogP contribution in [0.2, 0.25) is 0 Å². The smallest absolute Gasteiger partial charge is 0.360 e. The molecule has 0 spiro atoms. The highest BCUT2D eigenvalue weighted by Crippen LogP contribution is 2.29. The molecule has 1 N–H and O–H groups in total. The number of imidazole rings is 1. The van der Waals surface area contributed by atoms with Gasteiger partial charge < -0.3 is 14.4 Å². The minimum absolute atomic E-state index is 0.0388. The van der Waals surface area contributed by atoms with Crippen molar-refractivity contribution in [3.05, 3.63) is 5.69 Å². The first-order valence-electron chi connectivity index (χ1n) is 5.63. The van der Waals surface area contributed by atoms with Crippen LogP contribution in [0.4, 0.5) is 0 Å². The first-order valence-corrected chi connectivity index (χ1v) is 6.62. The highest BCUT2D eigenvalue weighted by molar-refractivity contribution is 7.99. The average Bonchev–Trinajstić information content (AvgIpc) is 2.56. The second-order valence-corrected chi connectivity index (χ2v) is 4.91. The summed E-state index contributed by atoms with van der Waals surface area (Å²) in [5.74, 6) is 0.0353. The van der Waals surface area contributed by atoms with E-state index in [9.17, 15) is 9.90 Å². The Morgan fingerprint density at radius 3 is 2.65 bits per heavy atom. The van der Waals surface area contributed by atoms with Gasteiger partial charge in [0.2, 0.25) is 5.88 Å². The van der Waals surface area contributed by atoms with E-state index in [2.05, 4.69) is 4.98 Å². The number of nitrogens with zero attached hydrogens (tertiary/aromatic N) is 2.